The fourth-order valence-corrected chi connectivity index (χ4v) is 7.37. The molecular formula is C14H18OS2. The number of ketones is 1. The summed E-state index contributed by atoms with van der Waals surface area (Å²) in [6, 6.07) is 0. The van der Waals surface area contributed by atoms with Gasteiger partial charge in [0, 0.05) is 5.41 Å². The molecule has 0 radical (unpaired) electrons. The number of carbonyl (C=O) groups is 1. The van der Waals surface area contributed by atoms with Gasteiger partial charge in [0.2, 0.25) is 0 Å². The topological polar surface area (TPSA) is 17.1 Å². The average Bonchev–Trinajstić information content (AvgIpc) is 2.85. The minimum Gasteiger partial charge on any atom is -0.297 e. The Hall–Kier alpha value is 0.110. The molecule has 1 heterocycles. The van der Waals surface area contributed by atoms with Crippen molar-refractivity contribution in [3.63, 3.8) is 0 Å². The van der Waals surface area contributed by atoms with Crippen LogP contribution in [0.1, 0.15) is 25.7 Å². The molecule has 1 saturated heterocycles. The summed E-state index contributed by atoms with van der Waals surface area (Å²) in [5.41, 5.74) is 0.0986. The highest BCUT2D eigenvalue weighted by Crippen LogP contribution is 2.68. The second-order valence-corrected chi connectivity index (χ2v) is 8.59. The predicted octanol–water partition coefficient (Wildman–Crippen LogP) is 3.35. The van der Waals surface area contributed by atoms with E-state index in [0.717, 1.165) is 5.92 Å². The van der Waals surface area contributed by atoms with Crippen LogP contribution in [0.25, 0.3) is 0 Å². The molecule has 1 nitrogen and oxygen atoms in total. The molecule has 1 aliphatic heterocycles. The van der Waals surface area contributed by atoms with Gasteiger partial charge in [-0.1, -0.05) is 12.2 Å². The predicted molar refractivity (Wildman–Crippen MR) is 74.2 cm³/mol. The normalized spacial score (nSPS) is 47.9. The number of hydrogen-bond donors (Lipinski definition) is 0. The Morgan fingerprint density at radius 1 is 1.24 bits per heavy atom. The molecule has 0 aromatic rings. The largest absolute Gasteiger partial charge is 0.297 e. The molecule has 3 fully saturated rings. The molecule has 2 saturated carbocycles. The van der Waals surface area contributed by atoms with Crippen molar-refractivity contribution in [3.8, 4) is 0 Å². The zero-order valence-electron chi connectivity index (χ0n) is 9.93. The van der Waals surface area contributed by atoms with Crippen LogP contribution in [0.4, 0.5) is 0 Å². The number of carbonyl (C=O) groups excluding carboxylic acids is 1. The maximum Gasteiger partial charge on any atom is 0.162 e. The number of rotatable bonds is 2. The Kier molecular flexibility index (Phi) is 2.45. The molecule has 17 heavy (non-hydrogen) atoms. The molecule has 4 rings (SSSR count). The highest BCUT2D eigenvalue weighted by atomic mass is 32.2. The lowest BCUT2D eigenvalue weighted by Crippen LogP contribution is -2.52. The summed E-state index contributed by atoms with van der Waals surface area (Å²) in [6.07, 6.45) is 9.79. The SMILES string of the molecule is O=C(C1SCCCS1)C12CCC1C1C=CC2C1. The molecule has 2 bridgehead atoms. The first-order chi connectivity index (χ1) is 8.32. The average molecular weight is 266 g/mol. The van der Waals surface area contributed by atoms with Crippen molar-refractivity contribution < 1.29 is 4.79 Å². The van der Waals surface area contributed by atoms with Gasteiger partial charge in [-0.3, -0.25) is 4.79 Å². The molecular weight excluding hydrogens is 248 g/mol. The summed E-state index contributed by atoms with van der Waals surface area (Å²) < 4.78 is 0.263. The summed E-state index contributed by atoms with van der Waals surface area (Å²) in [4.78, 5) is 12.9. The second kappa shape index (κ2) is 3.80. The first-order valence-electron chi connectivity index (χ1n) is 6.78. The molecule has 4 atom stereocenters. The number of Topliss-reactive ketones (excluding diaryl/α,β-unsaturated/α-hetero) is 1. The lowest BCUT2D eigenvalue weighted by molar-refractivity contribution is -0.138. The fourth-order valence-electron chi connectivity index (χ4n) is 4.43. The van der Waals surface area contributed by atoms with Gasteiger partial charge >= 0.3 is 0 Å². The van der Waals surface area contributed by atoms with Crippen molar-refractivity contribution in [2.75, 3.05) is 11.5 Å². The fraction of sp³-hybridized carbons (Fsp3) is 0.786. The first kappa shape index (κ1) is 11.0. The molecule has 3 aliphatic carbocycles. The summed E-state index contributed by atoms with van der Waals surface area (Å²) in [5.74, 6) is 5.05. The van der Waals surface area contributed by atoms with E-state index in [-0.39, 0.29) is 10.00 Å². The number of allylic oxidation sites excluding steroid dienone is 2. The summed E-state index contributed by atoms with van der Waals surface area (Å²) >= 11 is 3.82. The van der Waals surface area contributed by atoms with E-state index in [2.05, 4.69) is 12.2 Å². The van der Waals surface area contributed by atoms with Crippen LogP contribution >= 0.6 is 23.5 Å². The quantitative estimate of drug-likeness (QED) is 0.714. The minimum absolute atomic E-state index is 0.0986. The van der Waals surface area contributed by atoms with Crippen LogP contribution in [-0.2, 0) is 4.79 Å². The Morgan fingerprint density at radius 3 is 2.71 bits per heavy atom. The van der Waals surface area contributed by atoms with E-state index >= 15 is 0 Å². The van der Waals surface area contributed by atoms with Gasteiger partial charge in [0.05, 0.1) is 0 Å². The van der Waals surface area contributed by atoms with Crippen LogP contribution in [0.2, 0.25) is 0 Å². The van der Waals surface area contributed by atoms with Crippen molar-refractivity contribution in [3.05, 3.63) is 12.2 Å². The number of thioether (sulfide) groups is 2. The van der Waals surface area contributed by atoms with Crippen LogP contribution < -0.4 is 0 Å². The van der Waals surface area contributed by atoms with Crippen molar-refractivity contribution in [2.24, 2.45) is 23.2 Å². The lowest BCUT2D eigenvalue weighted by Gasteiger charge is -2.51. The zero-order valence-corrected chi connectivity index (χ0v) is 11.6. The van der Waals surface area contributed by atoms with Crippen molar-refractivity contribution in [2.45, 2.75) is 30.3 Å². The van der Waals surface area contributed by atoms with E-state index < -0.39 is 0 Å². The highest BCUT2D eigenvalue weighted by molar-refractivity contribution is 8.18. The molecule has 0 aromatic carbocycles. The van der Waals surface area contributed by atoms with Gasteiger partial charge in [0.1, 0.15) is 4.58 Å². The van der Waals surface area contributed by atoms with Crippen molar-refractivity contribution >= 4 is 29.3 Å². The monoisotopic (exact) mass is 266 g/mol. The maximum absolute atomic E-state index is 12.9. The van der Waals surface area contributed by atoms with Crippen molar-refractivity contribution in [1.82, 2.24) is 0 Å². The van der Waals surface area contributed by atoms with E-state index in [1.54, 1.807) is 0 Å². The third-order valence-electron chi connectivity index (χ3n) is 5.33. The minimum atomic E-state index is 0.0986. The Morgan fingerprint density at radius 2 is 2.06 bits per heavy atom. The number of fused-ring (bicyclic) bond motifs is 5. The zero-order chi connectivity index (χ0) is 11.5. The molecule has 4 unspecified atom stereocenters. The lowest BCUT2D eigenvalue weighted by atomic mass is 9.53. The van der Waals surface area contributed by atoms with E-state index in [9.17, 15) is 4.79 Å². The smallest absolute Gasteiger partial charge is 0.162 e. The van der Waals surface area contributed by atoms with Gasteiger partial charge in [-0.2, -0.15) is 0 Å². The van der Waals surface area contributed by atoms with E-state index in [4.69, 9.17) is 0 Å². The Labute approximate surface area is 111 Å². The molecule has 0 amide bonds. The van der Waals surface area contributed by atoms with Crippen LogP contribution in [0.5, 0.6) is 0 Å². The van der Waals surface area contributed by atoms with Gasteiger partial charge in [-0.25, -0.2) is 0 Å². The first-order valence-corrected chi connectivity index (χ1v) is 8.88. The molecule has 92 valence electrons. The standard InChI is InChI=1S/C14H18OS2/c15-12(13-16-6-1-7-17-13)14-5-4-11(14)9-2-3-10(14)8-9/h2-3,9-11,13H,1,4-8H2. The molecule has 3 heteroatoms. The summed E-state index contributed by atoms with van der Waals surface area (Å²) in [7, 11) is 0. The Balaban J connectivity index is 1.61. The van der Waals surface area contributed by atoms with Crippen LogP contribution in [-0.4, -0.2) is 21.9 Å². The van der Waals surface area contributed by atoms with E-state index in [1.165, 1.54) is 37.2 Å². The molecule has 4 aliphatic rings. The van der Waals surface area contributed by atoms with Gasteiger partial charge in [-0.15, -0.1) is 23.5 Å². The number of hydrogen-bond acceptors (Lipinski definition) is 3. The van der Waals surface area contributed by atoms with Crippen LogP contribution in [0.15, 0.2) is 12.2 Å². The van der Waals surface area contributed by atoms with Gasteiger partial charge in [0.25, 0.3) is 0 Å². The second-order valence-electron chi connectivity index (χ2n) is 5.87. The third kappa shape index (κ3) is 1.33. The molecule has 0 spiro atoms. The maximum atomic E-state index is 12.9. The summed E-state index contributed by atoms with van der Waals surface area (Å²) in [6.45, 7) is 0. The van der Waals surface area contributed by atoms with Crippen LogP contribution in [0, 0.1) is 23.2 Å². The Bertz CT molecular complexity index is 386. The van der Waals surface area contributed by atoms with Crippen LogP contribution in [0.3, 0.4) is 0 Å². The molecule has 0 N–H and O–H groups in total. The van der Waals surface area contributed by atoms with E-state index in [0.29, 0.717) is 17.6 Å². The van der Waals surface area contributed by atoms with E-state index in [1.807, 2.05) is 23.5 Å². The van der Waals surface area contributed by atoms with Gasteiger partial charge in [0.15, 0.2) is 5.78 Å². The van der Waals surface area contributed by atoms with Crippen molar-refractivity contribution in [1.29, 1.82) is 0 Å². The summed E-state index contributed by atoms with van der Waals surface area (Å²) in [5, 5.41) is 0. The molecule has 0 aromatic heterocycles. The highest BCUT2D eigenvalue weighted by Gasteiger charge is 2.65. The third-order valence-corrected chi connectivity index (χ3v) is 8.22. The van der Waals surface area contributed by atoms with Gasteiger partial charge < -0.3 is 0 Å². The van der Waals surface area contributed by atoms with Gasteiger partial charge in [-0.05, 0) is 54.9 Å².